The van der Waals surface area contributed by atoms with Gasteiger partial charge in [-0.15, -0.1) is 0 Å². The van der Waals surface area contributed by atoms with Gasteiger partial charge in [0, 0.05) is 25.7 Å². The molecule has 0 bridgehead atoms. The summed E-state index contributed by atoms with van der Waals surface area (Å²) in [7, 11) is -3.22. The molecule has 1 atom stereocenters. The second-order valence-electron chi connectivity index (χ2n) is 4.61. The van der Waals surface area contributed by atoms with E-state index in [9.17, 15) is 8.42 Å². The van der Waals surface area contributed by atoms with Crippen molar-refractivity contribution in [3.8, 4) is 0 Å². The first kappa shape index (κ1) is 12.3. The minimum Gasteiger partial charge on any atom is -0.313 e. The summed E-state index contributed by atoms with van der Waals surface area (Å²) >= 11 is 0. The Morgan fingerprint density at radius 3 is 2.56 bits per heavy atom. The first-order valence-corrected chi connectivity index (χ1v) is 7.60. The van der Waals surface area contributed by atoms with Gasteiger partial charge in [-0.3, -0.25) is 0 Å². The van der Waals surface area contributed by atoms with Crippen molar-refractivity contribution in [1.82, 2.24) is 14.3 Å². The normalized spacial score (nSPS) is 28.4. The van der Waals surface area contributed by atoms with E-state index in [4.69, 9.17) is 0 Å². The van der Waals surface area contributed by atoms with Crippen LogP contribution in [0.2, 0.25) is 0 Å². The molecule has 0 saturated carbocycles. The molecule has 0 radical (unpaired) electrons. The van der Waals surface area contributed by atoms with Gasteiger partial charge in [0.1, 0.15) is 0 Å². The Morgan fingerprint density at radius 2 is 1.94 bits per heavy atom. The highest BCUT2D eigenvalue weighted by molar-refractivity contribution is 7.87. The van der Waals surface area contributed by atoms with Crippen molar-refractivity contribution in [2.24, 2.45) is 0 Å². The summed E-state index contributed by atoms with van der Waals surface area (Å²) < 4.78 is 28.0. The molecule has 16 heavy (non-hydrogen) atoms. The zero-order valence-electron chi connectivity index (χ0n) is 9.61. The summed E-state index contributed by atoms with van der Waals surface area (Å²) in [6.07, 6.45) is 5.45. The van der Waals surface area contributed by atoms with Crippen LogP contribution >= 0.6 is 0 Å². The molecule has 2 saturated heterocycles. The zero-order chi connectivity index (χ0) is 11.4. The van der Waals surface area contributed by atoms with Gasteiger partial charge in [0.05, 0.1) is 0 Å². The lowest BCUT2D eigenvalue weighted by Crippen LogP contribution is -2.47. The Balaban J connectivity index is 1.79. The summed E-state index contributed by atoms with van der Waals surface area (Å²) in [6.45, 7) is 2.88. The van der Waals surface area contributed by atoms with E-state index in [1.807, 2.05) is 0 Å². The van der Waals surface area contributed by atoms with Crippen LogP contribution in [0.1, 0.15) is 32.1 Å². The Morgan fingerprint density at radius 1 is 1.19 bits per heavy atom. The number of nitrogens with zero attached hydrogens (tertiary/aromatic N) is 1. The SMILES string of the molecule is O=S(=O)(NCC1CCCCN1)N1CCCC1. The third-order valence-corrected chi connectivity index (χ3v) is 4.91. The molecule has 2 rings (SSSR count). The number of hydrogen-bond donors (Lipinski definition) is 2. The molecule has 0 aliphatic carbocycles. The van der Waals surface area contributed by atoms with Gasteiger partial charge < -0.3 is 5.32 Å². The van der Waals surface area contributed by atoms with E-state index < -0.39 is 10.2 Å². The molecule has 6 heteroatoms. The van der Waals surface area contributed by atoms with E-state index in [1.165, 1.54) is 12.8 Å². The fourth-order valence-corrected chi connectivity index (χ4v) is 3.66. The Labute approximate surface area is 97.8 Å². The summed E-state index contributed by atoms with van der Waals surface area (Å²) in [6, 6.07) is 0.311. The maximum atomic E-state index is 11.9. The van der Waals surface area contributed by atoms with Crippen LogP contribution in [0.25, 0.3) is 0 Å². The molecule has 0 amide bonds. The molecule has 5 nitrogen and oxygen atoms in total. The maximum absolute atomic E-state index is 11.9. The van der Waals surface area contributed by atoms with Crippen molar-refractivity contribution in [3.05, 3.63) is 0 Å². The Bertz CT molecular complexity index is 306. The van der Waals surface area contributed by atoms with Gasteiger partial charge in [0.2, 0.25) is 0 Å². The highest BCUT2D eigenvalue weighted by Crippen LogP contribution is 2.12. The number of rotatable bonds is 4. The third kappa shape index (κ3) is 3.16. The van der Waals surface area contributed by atoms with Gasteiger partial charge in [-0.05, 0) is 32.2 Å². The van der Waals surface area contributed by atoms with Crippen LogP contribution < -0.4 is 10.0 Å². The highest BCUT2D eigenvalue weighted by atomic mass is 32.2. The quantitative estimate of drug-likeness (QED) is 0.738. The largest absolute Gasteiger partial charge is 0.313 e. The van der Waals surface area contributed by atoms with E-state index in [2.05, 4.69) is 10.0 Å². The van der Waals surface area contributed by atoms with E-state index in [0.717, 1.165) is 25.8 Å². The van der Waals surface area contributed by atoms with Crippen LogP contribution in [0.5, 0.6) is 0 Å². The topological polar surface area (TPSA) is 61.4 Å². The smallest absolute Gasteiger partial charge is 0.279 e. The third-order valence-electron chi connectivity index (χ3n) is 3.33. The maximum Gasteiger partial charge on any atom is 0.279 e. The van der Waals surface area contributed by atoms with Gasteiger partial charge >= 0.3 is 0 Å². The molecule has 2 aliphatic heterocycles. The predicted octanol–water partition coefficient (Wildman–Crippen LogP) is 0.0587. The average Bonchev–Trinajstić information content (AvgIpc) is 2.82. The van der Waals surface area contributed by atoms with Gasteiger partial charge in [-0.1, -0.05) is 6.42 Å². The lowest BCUT2D eigenvalue weighted by molar-refractivity contribution is 0.391. The Kier molecular flexibility index (Phi) is 4.18. The van der Waals surface area contributed by atoms with Gasteiger partial charge in [-0.2, -0.15) is 12.7 Å². The van der Waals surface area contributed by atoms with Gasteiger partial charge in [-0.25, -0.2) is 4.72 Å². The van der Waals surface area contributed by atoms with Crippen LogP contribution in [0.15, 0.2) is 0 Å². The second kappa shape index (κ2) is 5.44. The summed E-state index contributed by atoms with van der Waals surface area (Å²) in [5.74, 6) is 0. The first-order chi connectivity index (χ1) is 7.68. The van der Waals surface area contributed by atoms with Crippen molar-refractivity contribution >= 4 is 10.2 Å². The van der Waals surface area contributed by atoms with Crippen LogP contribution in [0.3, 0.4) is 0 Å². The average molecular weight is 247 g/mol. The minimum atomic E-state index is -3.22. The molecule has 0 aromatic rings. The van der Waals surface area contributed by atoms with Crippen LogP contribution in [-0.4, -0.2) is 44.9 Å². The molecule has 2 aliphatic rings. The summed E-state index contributed by atoms with van der Waals surface area (Å²) in [4.78, 5) is 0. The molecule has 0 aromatic carbocycles. The number of hydrogen-bond acceptors (Lipinski definition) is 3. The van der Waals surface area contributed by atoms with E-state index in [0.29, 0.717) is 25.7 Å². The fraction of sp³-hybridized carbons (Fsp3) is 1.00. The molecule has 2 fully saturated rings. The molecular formula is C10H21N3O2S. The second-order valence-corrected chi connectivity index (χ2v) is 6.36. The van der Waals surface area contributed by atoms with Crippen molar-refractivity contribution in [2.45, 2.75) is 38.1 Å². The van der Waals surface area contributed by atoms with Crippen molar-refractivity contribution in [2.75, 3.05) is 26.2 Å². The van der Waals surface area contributed by atoms with Crippen LogP contribution in [0.4, 0.5) is 0 Å². The molecule has 1 unspecified atom stereocenters. The van der Waals surface area contributed by atoms with E-state index in [-0.39, 0.29) is 0 Å². The van der Waals surface area contributed by atoms with Crippen LogP contribution in [0, 0.1) is 0 Å². The van der Waals surface area contributed by atoms with Crippen molar-refractivity contribution in [3.63, 3.8) is 0 Å². The molecule has 2 N–H and O–H groups in total. The van der Waals surface area contributed by atoms with E-state index >= 15 is 0 Å². The molecule has 0 aromatic heterocycles. The summed E-state index contributed by atoms with van der Waals surface area (Å²) in [5, 5.41) is 3.34. The number of nitrogens with one attached hydrogen (secondary N) is 2. The minimum absolute atomic E-state index is 0.311. The molecule has 2 heterocycles. The first-order valence-electron chi connectivity index (χ1n) is 6.16. The van der Waals surface area contributed by atoms with Gasteiger partial charge in [0.25, 0.3) is 10.2 Å². The lowest BCUT2D eigenvalue weighted by atomic mass is 10.1. The predicted molar refractivity (Wildman–Crippen MR) is 63.4 cm³/mol. The van der Waals surface area contributed by atoms with Crippen molar-refractivity contribution in [1.29, 1.82) is 0 Å². The standard InChI is InChI=1S/C10H21N3O2S/c14-16(15,13-7-3-4-8-13)12-9-10-5-1-2-6-11-10/h10-12H,1-9H2. The molecule has 94 valence electrons. The Hall–Kier alpha value is -0.170. The molecule has 0 spiro atoms. The van der Waals surface area contributed by atoms with Gasteiger partial charge in [0.15, 0.2) is 0 Å². The van der Waals surface area contributed by atoms with Crippen molar-refractivity contribution < 1.29 is 8.42 Å². The summed E-state index contributed by atoms with van der Waals surface area (Å²) in [5.41, 5.74) is 0. The number of piperidine rings is 1. The van der Waals surface area contributed by atoms with Crippen LogP contribution in [-0.2, 0) is 10.2 Å². The monoisotopic (exact) mass is 247 g/mol. The highest BCUT2D eigenvalue weighted by Gasteiger charge is 2.25. The lowest BCUT2D eigenvalue weighted by Gasteiger charge is -2.25. The van der Waals surface area contributed by atoms with E-state index in [1.54, 1.807) is 4.31 Å². The fourth-order valence-electron chi connectivity index (χ4n) is 2.32. The zero-order valence-corrected chi connectivity index (χ0v) is 10.4. The molecular weight excluding hydrogens is 226 g/mol.